The number of nitrogens with one attached hydrogen (secondary N) is 1. The van der Waals surface area contributed by atoms with Gasteiger partial charge in [0.25, 0.3) is 0 Å². The largest absolute Gasteiger partial charge is 0.490 e. The first kappa shape index (κ1) is 21.4. The van der Waals surface area contributed by atoms with E-state index in [4.69, 9.17) is 9.47 Å². The molecule has 0 amide bonds. The van der Waals surface area contributed by atoms with E-state index >= 15 is 0 Å². The molecular formula is C23H21BrN2O4. The van der Waals surface area contributed by atoms with E-state index in [-0.39, 0.29) is 5.56 Å². The van der Waals surface area contributed by atoms with Crippen LogP contribution in [0.1, 0.15) is 28.4 Å². The third-order valence-corrected chi connectivity index (χ3v) is 4.66. The Hall–Kier alpha value is -3.32. The van der Waals surface area contributed by atoms with Crippen LogP contribution in [0.25, 0.3) is 0 Å². The summed E-state index contributed by atoms with van der Waals surface area (Å²) in [5.74, 6) is 0.241. The van der Waals surface area contributed by atoms with Gasteiger partial charge in [-0.05, 0) is 60.5 Å². The minimum atomic E-state index is -1.01. The van der Waals surface area contributed by atoms with E-state index in [1.54, 1.807) is 24.4 Å². The Labute approximate surface area is 183 Å². The van der Waals surface area contributed by atoms with Gasteiger partial charge in [-0.25, -0.2) is 4.79 Å². The second kappa shape index (κ2) is 10.5. The van der Waals surface area contributed by atoms with Crippen molar-refractivity contribution < 1.29 is 19.4 Å². The van der Waals surface area contributed by atoms with E-state index in [1.807, 2.05) is 49.4 Å². The number of hydrogen-bond acceptors (Lipinski definition) is 5. The Kier molecular flexibility index (Phi) is 7.45. The van der Waals surface area contributed by atoms with Crippen LogP contribution >= 0.6 is 15.9 Å². The third-order valence-electron chi connectivity index (χ3n) is 4.13. The van der Waals surface area contributed by atoms with Gasteiger partial charge in [0, 0.05) is 4.47 Å². The lowest BCUT2D eigenvalue weighted by Gasteiger charge is -2.13. The Balaban J connectivity index is 1.70. The van der Waals surface area contributed by atoms with Gasteiger partial charge in [-0.3, -0.25) is 5.43 Å². The Morgan fingerprint density at radius 3 is 2.57 bits per heavy atom. The zero-order chi connectivity index (χ0) is 21.3. The molecule has 3 aromatic carbocycles. The molecule has 154 valence electrons. The minimum Gasteiger partial charge on any atom is -0.490 e. The second-order valence-electron chi connectivity index (χ2n) is 6.28. The molecule has 0 saturated heterocycles. The van der Waals surface area contributed by atoms with E-state index in [2.05, 4.69) is 26.5 Å². The first-order chi connectivity index (χ1) is 14.6. The van der Waals surface area contributed by atoms with Crippen LogP contribution in [0.4, 0.5) is 5.69 Å². The Morgan fingerprint density at radius 2 is 1.83 bits per heavy atom. The van der Waals surface area contributed by atoms with Crippen molar-refractivity contribution >= 4 is 33.8 Å². The first-order valence-electron chi connectivity index (χ1n) is 9.32. The highest BCUT2D eigenvalue weighted by atomic mass is 79.9. The standard InChI is InChI=1S/C23H21BrN2O4/c1-2-29-22-13-17(14-25-26-20-6-4-3-5-19(20)23(27)28)9-12-21(22)30-15-16-7-10-18(24)11-8-16/h3-14,26H,2,15H2,1H3,(H,27,28). The van der Waals surface area contributed by atoms with Gasteiger partial charge < -0.3 is 14.6 Å². The first-order valence-corrected chi connectivity index (χ1v) is 10.1. The molecule has 2 N–H and O–H groups in total. The van der Waals surface area contributed by atoms with Gasteiger partial charge in [-0.15, -0.1) is 0 Å². The number of aromatic carboxylic acids is 1. The SMILES string of the molecule is CCOc1cc(C=NNc2ccccc2C(=O)O)ccc1OCc1ccc(Br)cc1. The highest BCUT2D eigenvalue weighted by molar-refractivity contribution is 9.10. The number of nitrogens with zero attached hydrogens (tertiary/aromatic N) is 1. The van der Waals surface area contributed by atoms with Gasteiger partial charge in [0.1, 0.15) is 6.61 Å². The maximum atomic E-state index is 11.3. The number of rotatable bonds is 9. The van der Waals surface area contributed by atoms with Gasteiger partial charge in [-0.2, -0.15) is 5.10 Å². The lowest BCUT2D eigenvalue weighted by Crippen LogP contribution is -2.02. The topological polar surface area (TPSA) is 80.2 Å². The third kappa shape index (κ3) is 5.84. The zero-order valence-electron chi connectivity index (χ0n) is 16.3. The Morgan fingerprint density at radius 1 is 1.07 bits per heavy atom. The molecule has 0 fully saturated rings. The molecule has 0 radical (unpaired) electrons. The molecule has 0 aromatic heterocycles. The van der Waals surface area contributed by atoms with Crippen molar-refractivity contribution in [1.82, 2.24) is 0 Å². The molecule has 7 heteroatoms. The number of hydrogen-bond donors (Lipinski definition) is 2. The van der Waals surface area contributed by atoms with Crippen molar-refractivity contribution in [3.05, 3.63) is 87.9 Å². The maximum Gasteiger partial charge on any atom is 0.337 e. The van der Waals surface area contributed by atoms with Gasteiger partial charge in [0.15, 0.2) is 11.5 Å². The van der Waals surface area contributed by atoms with Crippen LogP contribution in [-0.2, 0) is 6.61 Å². The fourth-order valence-electron chi connectivity index (χ4n) is 2.68. The van der Waals surface area contributed by atoms with Crippen LogP contribution in [0, 0.1) is 0 Å². The molecule has 0 aliphatic carbocycles. The van der Waals surface area contributed by atoms with Crippen LogP contribution in [0.3, 0.4) is 0 Å². The molecule has 0 unspecified atom stereocenters. The molecule has 0 aliphatic rings. The van der Waals surface area contributed by atoms with Gasteiger partial charge in [0.2, 0.25) is 0 Å². The summed E-state index contributed by atoms with van der Waals surface area (Å²) in [7, 11) is 0. The summed E-state index contributed by atoms with van der Waals surface area (Å²) >= 11 is 3.42. The number of ether oxygens (including phenoxy) is 2. The molecule has 0 saturated carbocycles. The van der Waals surface area contributed by atoms with Crippen molar-refractivity contribution in [2.75, 3.05) is 12.0 Å². The molecule has 0 atom stereocenters. The highest BCUT2D eigenvalue weighted by Crippen LogP contribution is 2.29. The van der Waals surface area contributed by atoms with Gasteiger partial charge in [-0.1, -0.05) is 40.2 Å². The lowest BCUT2D eigenvalue weighted by atomic mass is 10.2. The molecule has 3 rings (SSSR count). The minimum absolute atomic E-state index is 0.154. The van der Waals surface area contributed by atoms with Crippen LogP contribution in [0.5, 0.6) is 11.5 Å². The maximum absolute atomic E-state index is 11.3. The van der Waals surface area contributed by atoms with E-state index < -0.39 is 5.97 Å². The molecule has 0 heterocycles. The number of carboxylic acids is 1. The van der Waals surface area contributed by atoms with Gasteiger partial charge in [0.05, 0.1) is 24.1 Å². The lowest BCUT2D eigenvalue weighted by molar-refractivity contribution is 0.0698. The molecule has 0 spiro atoms. The highest BCUT2D eigenvalue weighted by Gasteiger charge is 2.09. The summed E-state index contributed by atoms with van der Waals surface area (Å²) < 4.78 is 12.6. The smallest absolute Gasteiger partial charge is 0.337 e. The quantitative estimate of drug-likeness (QED) is 0.316. The van der Waals surface area contributed by atoms with Crippen molar-refractivity contribution in [2.45, 2.75) is 13.5 Å². The number of halogens is 1. The molecule has 30 heavy (non-hydrogen) atoms. The molecule has 0 bridgehead atoms. The summed E-state index contributed by atoms with van der Waals surface area (Å²) in [5.41, 5.74) is 5.18. The molecule has 6 nitrogen and oxygen atoms in total. The van der Waals surface area contributed by atoms with Crippen LogP contribution in [0.2, 0.25) is 0 Å². The zero-order valence-corrected chi connectivity index (χ0v) is 17.9. The number of anilines is 1. The van der Waals surface area contributed by atoms with Gasteiger partial charge >= 0.3 is 5.97 Å². The molecular weight excluding hydrogens is 448 g/mol. The summed E-state index contributed by atoms with van der Waals surface area (Å²) in [5, 5.41) is 13.4. The number of carbonyl (C=O) groups is 1. The average molecular weight is 469 g/mol. The van der Waals surface area contributed by atoms with Crippen molar-refractivity contribution in [2.24, 2.45) is 5.10 Å². The summed E-state index contributed by atoms with van der Waals surface area (Å²) in [6, 6.07) is 20.0. The number of benzene rings is 3. The normalized spacial score (nSPS) is 10.7. The van der Waals surface area contributed by atoms with E-state index in [1.165, 1.54) is 6.07 Å². The summed E-state index contributed by atoms with van der Waals surface area (Å²) in [6.45, 7) is 2.83. The Bertz CT molecular complexity index is 1040. The molecule has 0 aliphatic heterocycles. The van der Waals surface area contributed by atoms with Crippen molar-refractivity contribution in [1.29, 1.82) is 0 Å². The summed E-state index contributed by atoms with van der Waals surface area (Å²) in [6.07, 6.45) is 1.60. The summed E-state index contributed by atoms with van der Waals surface area (Å²) in [4.78, 5) is 11.3. The van der Waals surface area contributed by atoms with Crippen LogP contribution < -0.4 is 14.9 Å². The average Bonchev–Trinajstić information content (AvgIpc) is 2.75. The predicted molar refractivity (Wildman–Crippen MR) is 121 cm³/mol. The predicted octanol–water partition coefficient (Wildman–Crippen LogP) is 5.57. The monoisotopic (exact) mass is 468 g/mol. The van der Waals surface area contributed by atoms with Crippen LogP contribution in [0.15, 0.2) is 76.3 Å². The van der Waals surface area contributed by atoms with E-state index in [0.29, 0.717) is 30.4 Å². The van der Waals surface area contributed by atoms with E-state index in [0.717, 1.165) is 15.6 Å². The fraction of sp³-hybridized carbons (Fsp3) is 0.130. The van der Waals surface area contributed by atoms with Crippen molar-refractivity contribution in [3.63, 3.8) is 0 Å². The van der Waals surface area contributed by atoms with Crippen LogP contribution in [-0.4, -0.2) is 23.9 Å². The number of hydrazone groups is 1. The van der Waals surface area contributed by atoms with E-state index in [9.17, 15) is 9.90 Å². The number of carboxylic acid groups (broad SMARTS) is 1. The number of para-hydroxylation sites is 1. The van der Waals surface area contributed by atoms with Crippen molar-refractivity contribution in [3.8, 4) is 11.5 Å². The second-order valence-corrected chi connectivity index (χ2v) is 7.19. The molecule has 3 aromatic rings. The fourth-order valence-corrected chi connectivity index (χ4v) is 2.94.